The summed E-state index contributed by atoms with van der Waals surface area (Å²) in [4.78, 5) is 0. The maximum atomic E-state index is 5.94. The van der Waals surface area contributed by atoms with Crippen LogP contribution in [0, 0.1) is 0 Å². The molecule has 64 valence electrons. The van der Waals surface area contributed by atoms with E-state index in [1.807, 2.05) is 12.1 Å². The first-order valence-electron chi connectivity index (χ1n) is 3.73. The highest BCUT2D eigenvalue weighted by molar-refractivity contribution is 9.10. The van der Waals surface area contributed by atoms with Crippen molar-refractivity contribution in [2.45, 2.75) is 16.7 Å². The summed E-state index contributed by atoms with van der Waals surface area (Å²) >= 11 is 15.3. The molecule has 1 fully saturated rings. The van der Waals surface area contributed by atoms with Crippen molar-refractivity contribution in [1.29, 1.82) is 0 Å². The van der Waals surface area contributed by atoms with Crippen LogP contribution in [0.2, 0.25) is 0 Å². The van der Waals surface area contributed by atoms with Crippen molar-refractivity contribution >= 4 is 39.1 Å². The Hall–Kier alpha value is 0.280. The molecule has 1 atom stereocenters. The Kier molecular flexibility index (Phi) is 2.14. The van der Waals surface area contributed by atoms with Gasteiger partial charge in [-0.15, -0.1) is 23.2 Å². The third-order valence-electron chi connectivity index (χ3n) is 2.08. The maximum absolute atomic E-state index is 5.94. The van der Waals surface area contributed by atoms with Gasteiger partial charge in [-0.05, 0) is 24.1 Å². The summed E-state index contributed by atoms with van der Waals surface area (Å²) in [5.74, 6) is 0.318. The first kappa shape index (κ1) is 8.86. The minimum Gasteiger partial charge on any atom is -0.101 e. The minimum absolute atomic E-state index is 0.318. The summed E-state index contributed by atoms with van der Waals surface area (Å²) in [7, 11) is 0. The zero-order chi connectivity index (χ0) is 8.77. The molecule has 0 unspecified atom stereocenters. The Morgan fingerprint density at radius 3 is 2.58 bits per heavy atom. The van der Waals surface area contributed by atoms with E-state index >= 15 is 0 Å². The lowest BCUT2D eigenvalue weighted by atomic mass is 10.1. The van der Waals surface area contributed by atoms with Crippen LogP contribution in [-0.4, -0.2) is 4.33 Å². The quantitative estimate of drug-likeness (QED) is 0.671. The van der Waals surface area contributed by atoms with Crippen molar-refractivity contribution in [2.75, 3.05) is 0 Å². The van der Waals surface area contributed by atoms with E-state index in [9.17, 15) is 0 Å². The van der Waals surface area contributed by atoms with Gasteiger partial charge in [-0.2, -0.15) is 0 Å². The third-order valence-corrected chi connectivity index (χ3v) is 3.41. The molecule has 2 rings (SSSR count). The van der Waals surface area contributed by atoms with Gasteiger partial charge in [0.1, 0.15) is 4.33 Å². The van der Waals surface area contributed by atoms with Crippen LogP contribution in [-0.2, 0) is 0 Å². The van der Waals surface area contributed by atoms with E-state index in [2.05, 4.69) is 28.1 Å². The molecule has 0 N–H and O–H groups in total. The monoisotopic (exact) mass is 264 g/mol. The molecular weight excluding hydrogens is 259 g/mol. The van der Waals surface area contributed by atoms with Crippen molar-refractivity contribution in [2.24, 2.45) is 0 Å². The summed E-state index contributed by atoms with van der Waals surface area (Å²) in [6, 6.07) is 8.12. The van der Waals surface area contributed by atoms with E-state index in [-0.39, 0.29) is 0 Å². The summed E-state index contributed by atoms with van der Waals surface area (Å²) < 4.78 is 0.567. The molecule has 1 aliphatic carbocycles. The summed E-state index contributed by atoms with van der Waals surface area (Å²) in [5.41, 5.74) is 1.22. The molecule has 0 heterocycles. The van der Waals surface area contributed by atoms with Gasteiger partial charge in [0.2, 0.25) is 0 Å². The van der Waals surface area contributed by atoms with Crippen LogP contribution in [0.3, 0.4) is 0 Å². The van der Waals surface area contributed by atoms with Crippen molar-refractivity contribution in [1.82, 2.24) is 0 Å². The van der Waals surface area contributed by atoms with Gasteiger partial charge in [0.25, 0.3) is 0 Å². The first-order chi connectivity index (χ1) is 5.59. The lowest BCUT2D eigenvalue weighted by Crippen LogP contribution is -1.88. The number of rotatable bonds is 1. The normalized spacial score (nSPS) is 25.4. The lowest BCUT2D eigenvalue weighted by molar-refractivity contribution is 1.10. The molecule has 12 heavy (non-hydrogen) atoms. The van der Waals surface area contributed by atoms with Crippen LogP contribution in [0.1, 0.15) is 17.9 Å². The molecular formula is C9H7BrCl2. The molecule has 1 aromatic rings. The van der Waals surface area contributed by atoms with Gasteiger partial charge in [0.05, 0.1) is 0 Å². The molecule has 0 bridgehead atoms. The SMILES string of the molecule is ClC1(Cl)C[C@@H]1c1cccc(Br)c1. The molecule has 0 radical (unpaired) electrons. The molecule has 3 heteroatoms. The van der Waals surface area contributed by atoms with Gasteiger partial charge in [-0.1, -0.05) is 28.1 Å². The van der Waals surface area contributed by atoms with Crippen LogP contribution in [0.4, 0.5) is 0 Å². The molecule has 0 aliphatic heterocycles. The zero-order valence-electron chi connectivity index (χ0n) is 6.23. The number of halogens is 3. The second kappa shape index (κ2) is 2.90. The summed E-state index contributed by atoms with van der Waals surface area (Å²) in [6.07, 6.45) is 0.868. The van der Waals surface area contributed by atoms with Gasteiger partial charge in [0.15, 0.2) is 0 Å². The van der Waals surface area contributed by atoms with E-state index in [0.717, 1.165) is 10.9 Å². The highest BCUT2D eigenvalue weighted by Crippen LogP contribution is 2.59. The molecule has 1 aliphatic rings. The second-order valence-corrected chi connectivity index (χ2v) is 5.53. The predicted octanol–water partition coefficient (Wildman–Crippen LogP) is 4.11. The van der Waals surface area contributed by atoms with Gasteiger partial charge < -0.3 is 0 Å². The minimum atomic E-state index is -0.513. The van der Waals surface area contributed by atoms with Crippen LogP contribution in [0.15, 0.2) is 28.7 Å². The summed E-state index contributed by atoms with van der Waals surface area (Å²) in [5, 5.41) is 0. The molecule has 0 spiro atoms. The van der Waals surface area contributed by atoms with Crippen LogP contribution >= 0.6 is 39.1 Å². The smallest absolute Gasteiger partial charge is 0.101 e. The summed E-state index contributed by atoms with van der Waals surface area (Å²) in [6.45, 7) is 0. The highest BCUT2D eigenvalue weighted by atomic mass is 79.9. The van der Waals surface area contributed by atoms with E-state index in [1.54, 1.807) is 0 Å². The third kappa shape index (κ3) is 1.63. The molecule has 0 aromatic heterocycles. The Morgan fingerprint density at radius 2 is 2.08 bits per heavy atom. The molecule has 0 amide bonds. The standard InChI is InChI=1S/C9H7BrCl2/c10-7-3-1-2-6(4-7)8-5-9(8,11)12/h1-4,8H,5H2/t8-/m1/s1. The number of hydrogen-bond acceptors (Lipinski definition) is 0. The second-order valence-electron chi connectivity index (χ2n) is 3.07. The van der Waals surface area contributed by atoms with Gasteiger partial charge >= 0.3 is 0 Å². The highest BCUT2D eigenvalue weighted by Gasteiger charge is 2.52. The van der Waals surface area contributed by atoms with Crippen LogP contribution in [0.25, 0.3) is 0 Å². The Labute approximate surface area is 90.0 Å². The van der Waals surface area contributed by atoms with E-state index in [4.69, 9.17) is 23.2 Å². The van der Waals surface area contributed by atoms with E-state index in [0.29, 0.717) is 5.92 Å². The molecule has 0 saturated heterocycles. The van der Waals surface area contributed by atoms with Gasteiger partial charge in [-0.25, -0.2) is 0 Å². The first-order valence-corrected chi connectivity index (χ1v) is 5.28. The Morgan fingerprint density at radius 1 is 1.42 bits per heavy atom. The van der Waals surface area contributed by atoms with Crippen LogP contribution in [0.5, 0.6) is 0 Å². The fraction of sp³-hybridized carbons (Fsp3) is 0.333. The fourth-order valence-electron chi connectivity index (χ4n) is 1.30. The molecule has 1 saturated carbocycles. The Bertz CT molecular complexity index is 309. The number of alkyl halides is 2. The molecule has 1 aromatic carbocycles. The average molecular weight is 266 g/mol. The number of hydrogen-bond donors (Lipinski definition) is 0. The van der Waals surface area contributed by atoms with Crippen molar-refractivity contribution in [3.63, 3.8) is 0 Å². The predicted molar refractivity (Wildman–Crippen MR) is 55.9 cm³/mol. The average Bonchev–Trinajstić information content (AvgIpc) is 2.60. The van der Waals surface area contributed by atoms with E-state index < -0.39 is 4.33 Å². The van der Waals surface area contributed by atoms with Crippen molar-refractivity contribution in [3.8, 4) is 0 Å². The van der Waals surface area contributed by atoms with Gasteiger partial charge in [-0.3, -0.25) is 0 Å². The fourth-order valence-corrected chi connectivity index (χ4v) is 2.28. The van der Waals surface area contributed by atoms with E-state index in [1.165, 1.54) is 5.56 Å². The Balaban J connectivity index is 2.26. The largest absolute Gasteiger partial charge is 0.125 e. The number of benzene rings is 1. The van der Waals surface area contributed by atoms with Crippen LogP contribution < -0.4 is 0 Å². The molecule has 0 nitrogen and oxygen atoms in total. The van der Waals surface area contributed by atoms with Gasteiger partial charge in [0, 0.05) is 10.4 Å². The lowest BCUT2D eigenvalue weighted by Gasteiger charge is -2.00. The van der Waals surface area contributed by atoms with Crippen molar-refractivity contribution < 1.29 is 0 Å². The zero-order valence-corrected chi connectivity index (χ0v) is 9.33. The van der Waals surface area contributed by atoms with Crippen molar-refractivity contribution in [3.05, 3.63) is 34.3 Å². The topological polar surface area (TPSA) is 0 Å². The maximum Gasteiger partial charge on any atom is 0.125 e.